The number of ether oxygens (including phenoxy) is 1. The SMILES string of the molecule is Cc1cc(F)c(COc2nsc(NC(=O)NCCCCN3CCCC3)c2C(N)=O)cc1Cl. The summed E-state index contributed by atoms with van der Waals surface area (Å²) in [6, 6.07) is 2.30. The van der Waals surface area contributed by atoms with E-state index in [0.717, 1.165) is 44.0 Å². The van der Waals surface area contributed by atoms with Crippen LogP contribution in [0.3, 0.4) is 0 Å². The summed E-state index contributed by atoms with van der Waals surface area (Å²) in [7, 11) is 0. The molecule has 0 radical (unpaired) electrons. The van der Waals surface area contributed by atoms with E-state index in [1.165, 1.54) is 25.0 Å². The fourth-order valence-electron chi connectivity index (χ4n) is 3.44. The van der Waals surface area contributed by atoms with Crippen molar-refractivity contribution in [3.63, 3.8) is 0 Å². The summed E-state index contributed by atoms with van der Waals surface area (Å²) in [4.78, 5) is 26.5. The van der Waals surface area contributed by atoms with Gasteiger partial charge in [0.05, 0.1) is 0 Å². The molecule has 2 aromatic rings. The number of halogens is 2. The quantitative estimate of drug-likeness (QED) is 0.444. The van der Waals surface area contributed by atoms with Gasteiger partial charge < -0.3 is 20.7 Å². The van der Waals surface area contributed by atoms with Crippen molar-refractivity contribution in [3.05, 3.63) is 39.7 Å². The van der Waals surface area contributed by atoms with Gasteiger partial charge in [0.1, 0.15) is 23.0 Å². The number of nitrogens with zero attached hydrogens (tertiary/aromatic N) is 2. The fraction of sp³-hybridized carbons (Fsp3) is 0.476. The first-order chi connectivity index (χ1) is 15.3. The number of primary amides is 1. The second-order valence-electron chi connectivity index (χ2n) is 7.67. The summed E-state index contributed by atoms with van der Waals surface area (Å²) in [6.07, 6.45) is 4.38. The first-order valence-electron chi connectivity index (χ1n) is 10.5. The molecule has 0 saturated carbocycles. The summed E-state index contributed by atoms with van der Waals surface area (Å²) in [6.45, 7) is 5.36. The maximum atomic E-state index is 14.1. The average molecular weight is 484 g/mol. The lowest BCUT2D eigenvalue weighted by molar-refractivity contribution is 0.0996. The lowest BCUT2D eigenvalue weighted by Crippen LogP contribution is -2.30. The van der Waals surface area contributed by atoms with Crippen molar-refractivity contribution in [2.75, 3.05) is 31.5 Å². The Morgan fingerprint density at radius 3 is 2.78 bits per heavy atom. The van der Waals surface area contributed by atoms with Crippen molar-refractivity contribution in [2.24, 2.45) is 5.73 Å². The largest absolute Gasteiger partial charge is 0.471 e. The third-order valence-electron chi connectivity index (χ3n) is 5.21. The Balaban J connectivity index is 1.52. The second-order valence-corrected chi connectivity index (χ2v) is 8.85. The van der Waals surface area contributed by atoms with Crippen LogP contribution < -0.4 is 21.1 Å². The number of nitrogens with two attached hydrogens (primary N) is 1. The minimum absolute atomic E-state index is 0.0576. The summed E-state index contributed by atoms with van der Waals surface area (Å²) in [5.41, 5.74) is 6.21. The number of unbranched alkanes of at least 4 members (excludes halogenated alkanes) is 1. The number of aryl methyl sites for hydroxylation is 1. The van der Waals surface area contributed by atoms with Crippen LogP contribution in [0.5, 0.6) is 5.88 Å². The molecule has 0 spiro atoms. The molecular formula is C21H27ClFN5O3S. The monoisotopic (exact) mass is 483 g/mol. The molecule has 0 atom stereocenters. The van der Waals surface area contributed by atoms with Crippen molar-refractivity contribution in [1.82, 2.24) is 14.6 Å². The van der Waals surface area contributed by atoms with Crippen LogP contribution >= 0.6 is 23.1 Å². The van der Waals surface area contributed by atoms with Gasteiger partial charge in [-0.3, -0.25) is 10.1 Å². The zero-order chi connectivity index (χ0) is 23.1. The highest BCUT2D eigenvalue weighted by Gasteiger charge is 2.22. The molecule has 3 amide bonds. The third-order valence-corrected chi connectivity index (χ3v) is 6.36. The molecule has 1 aliphatic rings. The van der Waals surface area contributed by atoms with E-state index >= 15 is 0 Å². The van der Waals surface area contributed by atoms with E-state index in [0.29, 0.717) is 17.1 Å². The lowest BCUT2D eigenvalue weighted by Gasteiger charge is -2.14. The number of hydrogen-bond donors (Lipinski definition) is 3. The molecule has 1 saturated heterocycles. The minimum Gasteiger partial charge on any atom is -0.471 e. The maximum absolute atomic E-state index is 14.1. The number of carbonyl (C=O) groups is 2. The molecule has 174 valence electrons. The first kappa shape index (κ1) is 24.2. The third kappa shape index (κ3) is 6.54. The second kappa shape index (κ2) is 11.4. The molecule has 0 unspecified atom stereocenters. The number of hydrogen-bond acceptors (Lipinski definition) is 6. The number of aromatic nitrogens is 1. The predicted octanol–water partition coefficient (Wildman–Crippen LogP) is 3.92. The number of likely N-dealkylation sites (tertiary alicyclic amines) is 1. The number of amides is 3. The topological polar surface area (TPSA) is 110 Å². The smallest absolute Gasteiger partial charge is 0.319 e. The fourth-order valence-corrected chi connectivity index (χ4v) is 4.36. The van der Waals surface area contributed by atoms with E-state index in [-0.39, 0.29) is 28.6 Å². The Morgan fingerprint density at radius 2 is 2.06 bits per heavy atom. The number of urea groups is 1. The number of benzene rings is 1. The molecule has 0 aliphatic carbocycles. The van der Waals surface area contributed by atoms with Crippen LogP contribution in [-0.2, 0) is 6.61 Å². The van der Waals surface area contributed by atoms with Gasteiger partial charge in [-0.15, -0.1) is 0 Å². The van der Waals surface area contributed by atoms with Gasteiger partial charge in [0.2, 0.25) is 5.88 Å². The molecule has 1 aromatic carbocycles. The summed E-state index contributed by atoms with van der Waals surface area (Å²) in [5.74, 6) is -1.36. The molecule has 11 heteroatoms. The van der Waals surface area contributed by atoms with Crippen LogP contribution in [0.1, 0.15) is 47.2 Å². The normalized spacial score (nSPS) is 13.8. The van der Waals surface area contributed by atoms with Crippen LogP contribution in [0.25, 0.3) is 0 Å². The van der Waals surface area contributed by atoms with Gasteiger partial charge in [-0.1, -0.05) is 11.6 Å². The van der Waals surface area contributed by atoms with Gasteiger partial charge in [0.25, 0.3) is 5.91 Å². The molecule has 8 nitrogen and oxygen atoms in total. The van der Waals surface area contributed by atoms with E-state index in [1.54, 1.807) is 6.92 Å². The average Bonchev–Trinajstić information content (AvgIpc) is 3.39. The van der Waals surface area contributed by atoms with Crippen molar-refractivity contribution in [2.45, 2.75) is 39.2 Å². The molecule has 32 heavy (non-hydrogen) atoms. The van der Waals surface area contributed by atoms with Gasteiger partial charge in [-0.2, -0.15) is 4.37 Å². The van der Waals surface area contributed by atoms with E-state index in [4.69, 9.17) is 22.1 Å². The molecule has 4 N–H and O–H groups in total. The molecule has 3 rings (SSSR count). The minimum atomic E-state index is -0.808. The van der Waals surface area contributed by atoms with Crippen LogP contribution in [0.15, 0.2) is 12.1 Å². The summed E-state index contributed by atoms with van der Waals surface area (Å²) in [5, 5.41) is 5.92. The predicted molar refractivity (Wildman–Crippen MR) is 123 cm³/mol. The molecule has 1 aromatic heterocycles. The Bertz CT molecular complexity index is 965. The Hall–Kier alpha value is -2.43. The summed E-state index contributed by atoms with van der Waals surface area (Å²) >= 11 is 6.90. The Morgan fingerprint density at radius 1 is 1.31 bits per heavy atom. The molecule has 1 fully saturated rings. The molecule has 0 bridgehead atoms. The van der Waals surface area contributed by atoms with Gasteiger partial charge in [-0.25, -0.2) is 9.18 Å². The Labute approximate surface area is 195 Å². The number of carbonyl (C=O) groups excluding carboxylic acids is 2. The van der Waals surface area contributed by atoms with E-state index in [1.807, 2.05) is 0 Å². The van der Waals surface area contributed by atoms with Crippen molar-refractivity contribution in [1.29, 1.82) is 0 Å². The standard InChI is InChI=1S/C21H27ClFN5O3S/c1-13-10-16(23)14(11-15(13)22)12-31-19-17(18(24)29)20(32-27-19)26-21(30)25-6-2-3-7-28-8-4-5-9-28/h10-11H,2-9,12H2,1H3,(H2,24,29)(H2,25,26,30). The molecular weight excluding hydrogens is 457 g/mol. The van der Waals surface area contributed by atoms with Crippen LogP contribution in [-0.4, -0.2) is 47.4 Å². The summed E-state index contributed by atoms with van der Waals surface area (Å²) < 4.78 is 23.7. The highest BCUT2D eigenvalue weighted by atomic mass is 35.5. The molecule has 1 aliphatic heterocycles. The van der Waals surface area contributed by atoms with Crippen LogP contribution in [0.4, 0.5) is 14.2 Å². The van der Waals surface area contributed by atoms with Gasteiger partial charge in [0.15, 0.2) is 0 Å². The number of rotatable bonds is 10. The number of nitrogens with one attached hydrogen (secondary N) is 2. The zero-order valence-corrected chi connectivity index (χ0v) is 19.5. The zero-order valence-electron chi connectivity index (χ0n) is 17.9. The van der Waals surface area contributed by atoms with Crippen molar-refractivity contribution in [3.8, 4) is 5.88 Å². The van der Waals surface area contributed by atoms with E-state index in [2.05, 4.69) is 19.9 Å². The van der Waals surface area contributed by atoms with Gasteiger partial charge in [0, 0.05) is 17.1 Å². The van der Waals surface area contributed by atoms with Crippen LogP contribution in [0.2, 0.25) is 5.02 Å². The highest BCUT2D eigenvalue weighted by molar-refractivity contribution is 7.11. The Kier molecular flexibility index (Phi) is 8.66. The van der Waals surface area contributed by atoms with Crippen LogP contribution in [0, 0.1) is 12.7 Å². The lowest BCUT2D eigenvalue weighted by atomic mass is 10.1. The van der Waals surface area contributed by atoms with E-state index in [9.17, 15) is 14.0 Å². The maximum Gasteiger partial charge on any atom is 0.319 e. The molecule has 2 heterocycles. The van der Waals surface area contributed by atoms with Crippen molar-refractivity contribution >= 4 is 40.1 Å². The van der Waals surface area contributed by atoms with E-state index < -0.39 is 17.8 Å². The first-order valence-corrected chi connectivity index (χ1v) is 11.6. The van der Waals surface area contributed by atoms with Gasteiger partial charge in [-0.05, 0) is 81.5 Å². The number of anilines is 1. The van der Waals surface area contributed by atoms with Crippen molar-refractivity contribution < 1.29 is 18.7 Å². The van der Waals surface area contributed by atoms with Gasteiger partial charge >= 0.3 is 6.03 Å². The highest BCUT2D eigenvalue weighted by Crippen LogP contribution is 2.31.